The molecule has 1 aromatic carbocycles. The van der Waals surface area contributed by atoms with Crippen molar-refractivity contribution in [1.29, 1.82) is 0 Å². The highest BCUT2D eigenvalue weighted by Gasteiger charge is 2.26. The summed E-state index contributed by atoms with van der Waals surface area (Å²) in [6.07, 6.45) is 0.105. The van der Waals surface area contributed by atoms with Gasteiger partial charge in [-0.1, -0.05) is 24.9 Å². The number of nitro groups is 1. The van der Waals surface area contributed by atoms with E-state index in [2.05, 4.69) is 15.9 Å². The number of ether oxygens (including phenoxy) is 1. The number of carbonyl (C=O) groups excluding carboxylic acids is 1. The van der Waals surface area contributed by atoms with Gasteiger partial charge in [0.1, 0.15) is 0 Å². The molecule has 3 N–H and O–H groups in total. The fraction of sp³-hybridized carbons (Fsp3) is 0.364. The Kier molecular flexibility index (Phi) is 6.18. The predicted molar refractivity (Wildman–Crippen MR) is 77.5 cm³/mol. The molecule has 0 saturated carbocycles. The lowest BCUT2D eigenvalue weighted by Gasteiger charge is -2.17. The number of halogens is 2. The summed E-state index contributed by atoms with van der Waals surface area (Å²) in [6.45, 7) is 1.85. The normalized spacial score (nSPS) is 11.8. The highest BCUT2D eigenvalue weighted by Crippen LogP contribution is 2.38. The molecule has 0 aliphatic heterocycles. The van der Waals surface area contributed by atoms with Crippen molar-refractivity contribution in [1.82, 2.24) is 5.43 Å². The molecule has 7 nitrogen and oxygen atoms in total. The average Bonchev–Trinajstić information content (AvgIpc) is 2.39. The van der Waals surface area contributed by atoms with Gasteiger partial charge in [-0.05, 0) is 28.4 Å². The molecule has 0 aliphatic rings. The number of nitrogens with one attached hydrogen (secondary N) is 1. The zero-order valence-electron chi connectivity index (χ0n) is 10.6. The van der Waals surface area contributed by atoms with Gasteiger partial charge >= 0.3 is 5.69 Å². The van der Waals surface area contributed by atoms with Crippen LogP contribution in [0.3, 0.4) is 0 Å². The van der Waals surface area contributed by atoms with Crippen LogP contribution in [0.15, 0.2) is 16.6 Å². The van der Waals surface area contributed by atoms with Crippen LogP contribution in [0, 0.1) is 10.1 Å². The number of amides is 1. The van der Waals surface area contributed by atoms with Crippen molar-refractivity contribution in [3.8, 4) is 5.75 Å². The highest BCUT2D eigenvalue weighted by molar-refractivity contribution is 9.10. The highest BCUT2D eigenvalue weighted by atomic mass is 79.9. The van der Waals surface area contributed by atoms with Crippen molar-refractivity contribution in [3.05, 3.63) is 31.7 Å². The average molecular weight is 367 g/mol. The Morgan fingerprint density at radius 3 is 2.80 bits per heavy atom. The number of hydrazine groups is 1. The summed E-state index contributed by atoms with van der Waals surface area (Å²) in [5, 5.41) is 11.2. The van der Waals surface area contributed by atoms with E-state index < -0.39 is 16.9 Å². The molecule has 0 aromatic heterocycles. The molecule has 0 aliphatic carbocycles. The first-order chi connectivity index (χ1) is 9.40. The Labute approximate surface area is 128 Å². The molecular formula is C11H13BrClN3O4. The molecule has 0 bridgehead atoms. The third-order valence-electron chi connectivity index (χ3n) is 2.43. The fourth-order valence-corrected chi connectivity index (χ4v) is 2.43. The second kappa shape index (κ2) is 7.41. The van der Waals surface area contributed by atoms with Crippen LogP contribution >= 0.6 is 27.5 Å². The van der Waals surface area contributed by atoms with Crippen LogP contribution in [0.2, 0.25) is 5.02 Å². The number of hydrogen-bond acceptors (Lipinski definition) is 5. The lowest BCUT2D eigenvalue weighted by Crippen LogP contribution is -2.42. The molecule has 9 heteroatoms. The summed E-state index contributed by atoms with van der Waals surface area (Å²) in [5.41, 5.74) is 1.65. The maximum Gasteiger partial charge on any atom is 0.313 e. The first kappa shape index (κ1) is 16.7. The number of nitrogens with two attached hydrogens (primary N) is 1. The molecule has 1 amide bonds. The second-order valence-electron chi connectivity index (χ2n) is 3.90. The molecule has 110 valence electrons. The molecule has 0 spiro atoms. The van der Waals surface area contributed by atoms with E-state index in [0.717, 1.165) is 6.07 Å². The van der Waals surface area contributed by atoms with E-state index in [1.54, 1.807) is 0 Å². The van der Waals surface area contributed by atoms with Gasteiger partial charge in [0, 0.05) is 11.1 Å². The third-order valence-corrected chi connectivity index (χ3v) is 3.24. The SMILES string of the molecule is CCCC(Oc1c(Br)cc(Cl)cc1[N+](=O)[O-])C(=O)NN. The quantitative estimate of drug-likeness (QED) is 0.348. The number of hydrogen-bond donors (Lipinski definition) is 2. The standard InChI is InChI=1S/C11H13BrClN3O4/c1-2-3-9(11(17)15-14)20-10-7(12)4-6(13)5-8(10)16(18)19/h4-5,9H,2-3,14H2,1H3,(H,15,17). The fourth-order valence-electron chi connectivity index (χ4n) is 1.54. The van der Waals surface area contributed by atoms with Gasteiger partial charge in [0.25, 0.3) is 5.91 Å². The molecule has 0 heterocycles. The monoisotopic (exact) mass is 365 g/mol. The molecule has 0 fully saturated rings. The lowest BCUT2D eigenvalue weighted by molar-refractivity contribution is -0.386. The van der Waals surface area contributed by atoms with Crippen molar-refractivity contribution < 1.29 is 14.5 Å². The van der Waals surface area contributed by atoms with Crippen molar-refractivity contribution in [2.24, 2.45) is 5.84 Å². The van der Waals surface area contributed by atoms with Gasteiger partial charge in [-0.25, -0.2) is 5.84 Å². The van der Waals surface area contributed by atoms with Gasteiger partial charge in [-0.15, -0.1) is 0 Å². The van der Waals surface area contributed by atoms with E-state index >= 15 is 0 Å². The van der Waals surface area contributed by atoms with E-state index in [1.807, 2.05) is 12.3 Å². The molecular weight excluding hydrogens is 353 g/mol. The molecule has 1 atom stereocenters. The van der Waals surface area contributed by atoms with Gasteiger partial charge in [0.2, 0.25) is 5.75 Å². The molecule has 1 aromatic rings. The van der Waals surface area contributed by atoms with E-state index in [9.17, 15) is 14.9 Å². The van der Waals surface area contributed by atoms with Crippen LogP contribution in [0.1, 0.15) is 19.8 Å². The second-order valence-corrected chi connectivity index (χ2v) is 5.19. The van der Waals surface area contributed by atoms with Crippen LogP contribution in [-0.4, -0.2) is 16.9 Å². The smallest absolute Gasteiger partial charge is 0.313 e. The number of nitrogens with zero attached hydrogens (tertiary/aromatic N) is 1. The number of carbonyl (C=O) groups is 1. The van der Waals surface area contributed by atoms with Gasteiger partial charge in [-0.3, -0.25) is 20.3 Å². The minimum Gasteiger partial charge on any atom is -0.473 e. The summed E-state index contributed by atoms with van der Waals surface area (Å²) >= 11 is 8.90. The Bertz CT molecular complexity index is 527. The maximum atomic E-state index is 11.6. The third kappa shape index (κ3) is 4.06. The minimum atomic E-state index is -0.916. The summed E-state index contributed by atoms with van der Waals surface area (Å²) in [5.74, 6) is 4.46. The first-order valence-corrected chi connectivity index (χ1v) is 6.88. The summed E-state index contributed by atoms with van der Waals surface area (Å²) in [4.78, 5) is 22.0. The van der Waals surface area contributed by atoms with Crippen molar-refractivity contribution in [2.45, 2.75) is 25.9 Å². The predicted octanol–water partition coefficient (Wildman–Crippen LogP) is 2.55. The summed E-state index contributed by atoms with van der Waals surface area (Å²) in [6, 6.07) is 2.61. The molecule has 1 unspecified atom stereocenters. The van der Waals surface area contributed by atoms with Crippen LogP contribution in [0.5, 0.6) is 5.75 Å². The Balaban J connectivity index is 3.17. The lowest BCUT2D eigenvalue weighted by atomic mass is 10.2. The van der Waals surface area contributed by atoms with Crippen LogP contribution in [0.25, 0.3) is 0 Å². The zero-order valence-corrected chi connectivity index (χ0v) is 12.9. The first-order valence-electron chi connectivity index (χ1n) is 5.71. The van der Waals surface area contributed by atoms with Crippen molar-refractivity contribution in [3.63, 3.8) is 0 Å². The largest absolute Gasteiger partial charge is 0.473 e. The van der Waals surface area contributed by atoms with Crippen LogP contribution in [0.4, 0.5) is 5.69 Å². The zero-order chi connectivity index (χ0) is 15.3. The molecule has 0 radical (unpaired) electrons. The van der Waals surface area contributed by atoms with Gasteiger partial charge in [0.05, 0.1) is 9.40 Å². The van der Waals surface area contributed by atoms with E-state index in [0.29, 0.717) is 17.3 Å². The molecule has 1 rings (SSSR count). The summed E-state index contributed by atoms with van der Waals surface area (Å²) < 4.78 is 5.74. The van der Waals surface area contributed by atoms with Gasteiger partial charge in [-0.2, -0.15) is 0 Å². The van der Waals surface area contributed by atoms with Crippen molar-refractivity contribution >= 4 is 39.1 Å². The van der Waals surface area contributed by atoms with Gasteiger partial charge < -0.3 is 4.74 Å². The van der Waals surface area contributed by atoms with Crippen LogP contribution in [-0.2, 0) is 4.79 Å². The Morgan fingerprint density at radius 2 is 2.30 bits per heavy atom. The van der Waals surface area contributed by atoms with Crippen molar-refractivity contribution in [2.75, 3.05) is 0 Å². The maximum absolute atomic E-state index is 11.6. The molecule has 20 heavy (non-hydrogen) atoms. The number of benzene rings is 1. The summed E-state index contributed by atoms with van der Waals surface area (Å²) in [7, 11) is 0. The minimum absolute atomic E-state index is 0.0542. The Morgan fingerprint density at radius 1 is 1.65 bits per heavy atom. The van der Waals surface area contributed by atoms with E-state index in [-0.39, 0.29) is 16.5 Å². The van der Waals surface area contributed by atoms with E-state index in [1.165, 1.54) is 6.07 Å². The van der Waals surface area contributed by atoms with Gasteiger partial charge in [0.15, 0.2) is 6.10 Å². The van der Waals surface area contributed by atoms with E-state index in [4.69, 9.17) is 22.2 Å². The topological polar surface area (TPSA) is 107 Å². The Hall–Kier alpha value is -1.38. The number of rotatable bonds is 6. The number of nitro benzene ring substituents is 1. The van der Waals surface area contributed by atoms with Crippen LogP contribution < -0.4 is 16.0 Å². The molecule has 0 saturated heterocycles.